The fourth-order valence-corrected chi connectivity index (χ4v) is 9.64. The second-order valence-electron chi connectivity index (χ2n) is 13.3. The molecule has 2 N–H and O–H groups in total. The Morgan fingerprint density at radius 2 is 1.66 bits per heavy atom. The van der Waals surface area contributed by atoms with Gasteiger partial charge >= 0.3 is 0 Å². The average molecular weight is 445 g/mol. The van der Waals surface area contributed by atoms with Gasteiger partial charge in [0.1, 0.15) is 0 Å². The van der Waals surface area contributed by atoms with Gasteiger partial charge in [-0.15, -0.1) is 0 Å². The van der Waals surface area contributed by atoms with E-state index in [9.17, 15) is 10.2 Å². The molecule has 0 aromatic carbocycles. The molecule has 0 heterocycles. The molecule has 0 radical (unpaired) electrons. The van der Waals surface area contributed by atoms with Crippen LogP contribution in [0.2, 0.25) is 0 Å². The minimum absolute atomic E-state index is 0.0255. The Balaban J connectivity index is 1.50. The van der Waals surface area contributed by atoms with E-state index < -0.39 is 0 Å². The number of hydrogen-bond acceptors (Lipinski definition) is 2. The summed E-state index contributed by atoms with van der Waals surface area (Å²) in [6, 6.07) is 0. The maximum atomic E-state index is 11.2. The van der Waals surface area contributed by atoms with Crippen LogP contribution in [-0.2, 0) is 0 Å². The van der Waals surface area contributed by atoms with Crippen molar-refractivity contribution in [1.29, 1.82) is 0 Å². The molecule has 2 unspecified atom stereocenters. The van der Waals surface area contributed by atoms with Crippen molar-refractivity contribution >= 4 is 0 Å². The Bertz CT molecular complexity index is 670. The zero-order valence-electron chi connectivity index (χ0n) is 21.9. The topological polar surface area (TPSA) is 40.5 Å². The normalized spacial score (nSPS) is 48.3. The standard InChI is InChI=1S/C30H52O2/c1-7-8-21(19(2)3)10-9-20(4)25-13-14-26-24-12-11-22-17-23(31)18-28(32)30(22,6)27(24)15-16-29(25,26)5/h9-10,19-28,31-32H,7-8,11-18H2,1-6H3/b10-9+/t20-,21-,22?,23-,24?,25-,26+,27+,28+,29-,30+/m1/s1. The molecule has 0 spiro atoms. The van der Waals surface area contributed by atoms with Crippen molar-refractivity contribution in [2.24, 2.45) is 58.2 Å². The van der Waals surface area contributed by atoms with E-state index in [1.807, 2.05) is 0 Å². The van der Waals surface area contributed by atoms with E-state index in [1.165, 1.54) is 51.4 Å². The van der Waals surface area contributed by atoms with E-state index in [1.54, 1.807) is 0 Å². The molecule has 11 atom stereocenters. The van der Waals surface area contributed by atoms with E-state index in [4.69, 9.17) is 0 Å². The first-order valence-corrected chi connectivity index (χ1v) is 14.2. The highest BCUT2D eigenvalue weighted by molar-refractivity contribution is 5.12. The Hall–Kier alpha value is -0.340. The van der Waals surface area contributed by atoms with Crippen LogP contribution in [0.15, 0.2) is 12.2 Å². The summed E-state index contributed by atoms with van der Waals surface area (Å²) in [7, 11) is 0. The average Bonchev–Trinajstić information content (AvgIpc) is 3.09. The lowest BCUT2D eigenvalue weighted by Gasteiger charge is -2.62. The molecular formula is C30H52O2. The third kappa shape index (κ3) is 4.04. The Kier molecular flexibility index (Phi) is 7.25. The van der Waals surface area contributed by atoms with Crippen molar-refractivity contribution in [2.75, 3.05) is 0 Å². The van der Waals surface area contributed by atoms with Gasteiger partial charge in [0.15, 0.2) is 0 Å². The van der Waals surface area contributed by atoms with E-state index >= 15 is 0 Å². The Morgan fingerprint density at radius 3 is 2.34 bits per heavy atom. The highest BCUT2D eigenvalue weighted by Gasteiger charge is 2.62. The third-order valence-corrected chi connectivity index (χ3v) is 11.6. The quantitative estimate of drug-likeness (QED) is 0.424. The predicted octanol–water partition coefficient (Wildman–Crippen LogP) is 7.24. The summed E-state index contributed by atoms with van der Waals surface area (Å²) in [6.45, 7) is 14.6. The van der Waals surface area contributed by atoms with Crippen molar-refractivity contribution in [3.8, 4) is 0 Å². The van der Waals surface area contributed by atoms with Crippen LogP contribution < -0.4 is 0 Å². The number of rotatable bonds is 6. The maximum absolute atomic E-state index is 11.2. The van der Waals surface area contributed by atoms with Crippen LogP contribution in [0.4, 0.5) is 0 Å². The highest BCUT2D eigenvalue weighted by atomic mass is 16.3. The number of fused-ring (bicyclic) bond motifs is 5. The lowest BCUT2D eigenvalue weighted by atomic mass is 9.43. The minimum atomic E-state index is -0.320. The predicted molar refractivity (Wildman–Crippen MR) is 134 cm³/mol. The first kappa shape index (κ1) is 24.8. The third-order valence-electron chi connectivity index (χ3n) is 11.6. The van der Waals surface area contributed by atoms with Gasteiger partial charge in [0, 0.05) is 0 Å². The number of aliphatic hydroxyl groups is 2. The second kappa shape index (κ2) is 9.37. The van der Waals surface area contributed by atoms with Crippen molar-refractivity contribution in [2.45, 2.75) is 118 Å². The molecule has 4 fully saturated rings. The zero-order valence-corrected chi connectivity index (χ0v) is 21.9. The van der Waals surface area contributed by atoms with E-state index in [0.717, 1.165) is 36.0 Å². The summed E-state index contributed by atoms with van der Waals surface area (Å²) < 4.78 is 0. The SMILES string of the molecule is CCC[C@H](/C=C/[C@@H](C)[C@H]1CC[C@H]2C3CCC4C[C@@H](O)C[C@H](O)[C@]4(C)[C@H]3CC[C@]12C)C(C)C. The monoisotopic (exact) mass is 444 g/mol. The largest absolute Gasteiger partial charge is 0.393 e. The molecule has 0 aliphatic heterocycles. The van der Waals surface area contributed by atoms with Crippen LogP contribution in [0.3, 0.4) is 0 Å². The molecule has 0 amide bonds. The molecule has 0 aromatic heterocycles. The van der Waals surface area contributed by atoms with Crippen LogP contribution in [-0.4, -0.2) is 22.4 Å². The van der Waals surface area contributed by atoms with Gasteiger partial charge in [-0.25, -0.2) is 0 Å². The van der Waals surface area contributed by atoms with Crippen molar-refractivity contribution in [3.63, 3.8) is 0 Å². The summed E-state index contributed by atoms with van der Waals surface area (Å²) in [5.41, 5.74) is 0.489. The van der Waals surface area contributed by atoms with Gasteiger partial charge in [0.05, 0.1) is 12.2 Å². The second-order valence-corrected chi connectivity index (χ2v) is 13.3. The van der Waals surface area contributed by atoms with Gasteiger partial charge in [0.2, 0.25) is 0 Å². The lowest BCUT2D eigenvalue weighted by Crippen LogP contribution is -2.59. The molecular weight excluding hydrogens is 392 g/mol. The van der Waals surface area contributed by atoms with Crippen LogP contribution >= 0.6 is 0 Å². The molecule has 0 bridgehead atoms. The zero-order chi connectivity index (χ0) is 23.3. The molecule has 0 aromatic rings. The van der Waals surface area contributed by atoms with Crippen molar-refractivity contribution < 1.29 is 10.2 Å². The first-order chi connectivity index (χ1) is 15.1. The van der Waals surface area contributed by atoms with Crippen molar-refractivity contribution in [1.82, 2.24) is 0 Å². The first-order valence-electron chi connectivity index (χ1n) is 14.2. The van der Waals surface area contributed by atoms with Crippen LogP contribution in [0, 0.1) is 58.2 Å². The smallest absolute Gasteiger partial charge is 0.0623 e. The minimum Gasteiger partial charge on any atom is -0.393 e. The molecule has 4 aliphatic carbocycles. The fourth-order valence-electron chi connectivity index (χ4n) is 9.64. The van der Waals surface area contributed by atoms with Gasteiger partial charge in [-0.1, -0.05) is 60.1 Å². The fraction of sp³-hybridized carbons (Fsp3) is 0.933. The van der Waals surface area contributed by atoms with Crippen LogP contribution in [0.1, 0.15) is 106 Å². The molecule has 0 saturated heterocycles. The maximum Gasteiger partial charge on any atom is 0.0623 e. The molecule has 4 saturated carbocycles. The number of allylic oxidation sites excluding steroid dienone is 2. The Morgan fingerprint density at radius 1 is 0.906 bits per heavy atom. The summed E-state index contributed by atoms with van der Waals surface area (Å²) >= 11 is 0. The van der Waals surface area contributed by atoms with E-state index in [0.29, 0.717) is 29.6 Å². The summed E-state index contributed by atoms with van der Waals surface area (Å²) in [5, 5.41) is 21.5. The van der Waals surface area contributed by atoms with E-state index in [-0.39, 0.29) is 17.6 Å². The summed E-state index contributed by atoms with van der Waals surface area (Å²) in [4.78, 5) is 0. The lowest BCUT2D eigenvalue weighted by molar-refractivity contribution is -0.181. The van der Waals surface area contributed by atoms with Gasteiger partial charge in [0.25, 0.3) is 0 Å². The molecule has 184 valence electrons. The summed E-state index contributed by atoms with van der Waals surface area (Å²) in [5.74, 6) is 5.71. The Labute approximate surface area is 198 Å². The molecule has 4 aliphatic rings. The molecule has 4 rings (SSSR count). The molecule has 2 nitrogen and oxygen atoms in total. The molecule has 2 heteroatoms. The van der Waals surface area contributed by atoms with Crippen LogP contribution in [0.25, 0.3) is 0 Å². The van der Waals surface area contributed by atoms with Gasteiger partial charge < -0.3 is 10.2 Å². The number of aliphatic hydroxyl groups excluding tert-OH is 2. The number of hydrogen-bond donors (Lipinski definition) is 2. The molecule has 32 heavy (non-hydrogen) atoms. The van der Waals surface area contributed by atoms with E-state index in [2.05, 4.69) is 53.7 Å². The van der Waals surface area contributed by atoms with Gasteiger partial charge in [-0.2, -0.15) is 0 Å². The highest BCUT2D eigenvalue weighted by Crippen LogP contribution is 2.68. The van der Waals surface area contributed by atoms with Crippen LogP contribution in [0.5, 0.6) is 0 Å². The van der Waals surface area contributed by atoms with Crippen molar-refractivity contribution in [3.05, 3.63) is 12.2 Å². The van der Waals surface area contributed by atoms with Gasteiger partial charge in [-0.05, 0) is 116 Å². The summed E-state index contributed by atoms with van der Waals surface area (Å²) in [6.07, 6.45) is 16.6. The van der Waals surface area contributed by atoms with Gasteiger partial charge in [-0.3, -0.25) is 0 Å².